The van der Waals surface area contributed by atoms with Gasteiger partial charge in [0, 0.05) is 32.0 Å². The molecule has 2 heterocycles. The summed E-state index contributed by atoms with van der Waals surface area (Å²) in [6.45, 7) is 2.32. The highest BCUT2D eigenvalue weighted by atomic mass is 35.5. The largest absolute Gasteiger partial charge is 0.441 e. The van der Waals surface area contributed by atoms with Crippen LogP contribution >= 0.6 is 24.8 Å². The predicted octanol–water partition coefficient (Wildman–Crippen LogP) is 3.43. The number of aryl methyl sites for hydroxylation is 1. The third-order valence-electron chi connectivity index (χ3n) is 3.99. The van der Waals surface area contributed by atoms with Crippen LogP contribution in [0.4, 0.5) is 8.78 Å². The number of benzene rings is 1. The smallest absolute Gasteiger partial charge is 0.220 e. The molecular weight excluding hydrogens is 399 g/mol. The van der Waals surface area contributed by atoms with Crippen LogP contribution in [-0.4, -0.2) is 30.5 Å². The van der Waals surface area contributed by atoms with Gasteiger partial charge in [-0.3, -0.25) is 4.79 Å². The zero-order valence-corrected chi connectivity index (χ0v) is 16.1. The Balaban J connectivity index is 0.00000182. The first-order valence-electron chi connectivity index (χ1n) is 8.17. The number of rotatable bonds is 6. The van der Waals surface area contributed by atoms with Crippen LogP contribution < -0.4 is 10.6 Å². The van der Waals surface area contributed by atoms with Crippen LogP contribution in [0, 0.1) is 11.6 Å². The fraction of sp³-hybridized carbons (Fsp3) is 0.333. The van der Waals surface area contributed by atoms with E-state index in [4.69, 9.17) is 4.42 Å². The van der Waals surface area contributed by atoms with E-state index in [1.165, 1.54) is 17.8 Å². The summed E-state index contributed by atoms with van der Waals surface area (Å²) in [4.78, 5) is 16.0. The number of amides is 1. The minimum atomic E-state index is -0.712. The maximum atomic E-state index is 13.7. The van der Waals surface area contributed by atoms with Crippen LogP contribution in [0.1, 0.15) is 18.7 Å². The van der Waals surface area contributed by atoms with E-state index in [0.717, 1.165) is 31.6 Å². The predicted molar refractivity (Wildman–Crippen MR) is 103 cm³/mol. The second-order valence-electron chi connectivity index (χ2n) is 5.84. The quantitative estimate of drug-likeness (QED) is 0.703. The third kappa shape index (κ3) is 6.61. The second kappa shape index (κ2) is 11.0. The summed E-state index contributed by atoms with van der Waals surface area (Å²) in [6, 6.07) is 3.25. The Bertz CT molecular complexity index is 797. The number of hydrogen-bond donors (Lipinski definition) is 2. The molecule has 3 rings (SSSR count). The Morgan fingerprint density at radius 2 is 2.11 bits per heavy atom. The zero-order valence-electron chi connectivity index (χ0n) is 14.5. The average molecular weight is 420 g/mol. The van der Waals surface area contributed by atoms with Gasteiger partial charge in [0.15, 0.2) is 11.7 Å². The summed E-state index contributed by atoms with van der Waals surface area (Å²) >= 11 is 0. The van der Waals surface area contributed by atoms with Crippen molar-refractivity contribution in [3.8, 4) is 11.3 Å². The maximum Gasteiger partial charge on any atom is 0.220 e. The number of oxazole rings is 1. The van der Waals surface area contributed by atoms with Crippen LogP contribution in [0.2, 0.25) is 0 Å². The Kier molecular flexibility index (Phi) is 9.41. The molecule has 1 amide bonds. The van der Waals surface area contributed by atoms with E-state index in [-0.39, 0.29) is 48.5 Å². The Morgan fingerprint density at radius 1 is 1.30 bits per heavy atom. The Hall–Kier alpha value is -1.96. The molecule has 1 aromatic heterocycles. The zero-order chi connectivity index (χ0) is 17.6. The molecule has 1 aliphatic rings. The van der Waals surface area contributed by atoms with Crippen molar-refractivity contribution in [3.63, 3.8) is 0 Å². The molecule has 0 unspecified atom stereocenters. The first-order valence-corrected chi connectivity index (χ1v) is 8.17. The molecule has 0 spiro atoms. The fourth-order valence-electron chi connectivity index (χ4n) is 2.59. The Labute approximate surface area is 168 Å². The lowest BCUT2D eigenvalue weighted by atomic mass is 10.1. The molecule has 148 valence electrons. The highest BCUT2D eigenvalue weighted by Gasteiger charge is 2.13. The van der Waals surface area contributed by atoms with Gasteiger partial charge in [-0.2, -0.15) is 0 Å². The van der Waals surface area contributed by atoms with Crippen molar-refractivity contribution in [2.24, 2.45) is 0 Å². The van der Waals surface area contributed by atoms with Gasteiger partial charge in [0.05, 0.1) is 11.8 Å². The summed E-state index contributed by atoms with van der Waals surface area (Å²) in [5, 5.41) is 6.08. The van der Waals surface area contributed by atoms with Gasteiger partial charge in [-0.1, -0.05) is 11.6 Å². The monoisotopic (exact) mass is 419 g/mol. The first-order chi connectivity index (χ1) is 12.1. The third-order valence-corrected chi connectivity index (χ3v) is 3.99. The molecule has 1 aromatic carbocycles. The average Bonchev–Trinajstić information content (AvgIpc) is 3.08. The van der Waals surface area contributed by atoms with Gasteiger partial charge < -0.3 is 15.1 Å². The van der Waals surface area contributed by atoms with Crippen LogP contribution in [0.3, 0.4) is 0 Å². The SMILES string of the molecule is Cl.Cl.O=C(CCc1ncc(-c2ccc(F)cc2F)o1)NCC1=CCNCC1. The highest BCUT2D eigenvalue weighted by Crippen LogP contribution is 2.24. The number of nitrogens with one attached hydrogen (secondary N) is 2. The van der Waals surface area contributed by atoms with Crippen LogP contribution in [0.5, 0.6) is 0 Å². The summed E-state index contributed by atoms with van der Waals surface area (Å²) < 4.78 is 32.1. The van der Waals surface area contributed by atoms with E-state index >= 15 is 0 Å². The number of carbonyl (C=O) groups excluding carboxylic acids is 1. The Morgan fingerprint density at radius 3 is 2.81 bits per heavy atom. The highest BCUT2D eigenvalue weighted by molar-refractivity contribution is 5.85. The number of hydrogen-bond acceptors (Lipinski definition) is 4. The van der Waals surface area contributed by atoms with Crippen molar-refractivity contribution in [3.05, 3.63) is 53.6 Å². The fourth-order valence-corrected chi connectivity index (χ4v) is 2.59. The van der Waals surface area contributed by atoms with E-state index in [1.807, 2.05) is 0 Å². The van der Waals surface area contributed by atoms with Crippen LogP contribution in [0.25, 0.3) is 11.3 Å². The number of halogens is 4. The lowest BCUT2D eigenvalue weighted by Gasteiger charge is -2.14. The summed E-state index contributed by atoms with van der Waals surface area (Å²) in [7, 11) is 0. The summed E-state index contributed by atoms with van der Waals surface area (Å²) in [6.07, 6.45) is 4.95. The number of aromatic nitrogens is 1. The topological polar surface area (TPSA) is 67.2 Å². The van der Waals surface area contributed by atoms with E-state index in [1.54, 1.807) is 0 Å². The van der Waals surface area contributed by atoms with E-state index < -0.39 is 11.6 Å². The van der Waals surface area contributed by atoms with Crippen molar-refractivity contribution >= 4 is 30.7 Å². The second-order valence-corrected chi connectivity index (χ2v) is 5.84. The van der Waals surface area contributed by atoms with Crippen molar-refractivity contribution in [2.45, 2.75) is 19.3 Å². The van der Waals surface area contributed by atoms with Gasteiger partial charge in [-0.15, -0.1) is 24.8 Å². The first kappa shape index (κ1) is 23.1. The molecule has 5 nitrogen and oxygen atoms in total. The summed E-state index contributed by atoms with van der Waals surface area (Å²) in [5.41, 5.74) is 1.36. The molecule has 0 radical (unpaired) electrons. The van der Waals surface area contributed by atoms with Crippen LogP contribution in [-0.2, 0) is 11.2 Å². The molecule has 27 heavy (non-hydrogen) atoms. The van der Waals surface area contributed by atoms with Gasteiger partial charge in [0.25, 0.3) is 0 Å². The van der Waals surface area contributed by atoms with Crippen molar-refractivity contribution in [1.29, 1.82) is 0 Å². The molecule has 2 N–H and O–H groups in total. The van der Waals surface area contributed by atoms with Gasteiger partial charge in [-0.25, -0.2) is 13.8 Å². The van der Waals surface area contributed by atoms with Gasteiger partial charge in [0.1, 0.15) is 11.6 Å². The van der Waals surface area contributed by atoms with E-state index in [0.29, 0.717) is 18.9 Å². The molecule has 0 aliphatic carbocycles. The number of nitrogens with zero attached hydrogens (tertiary/aromatic N) is 1. The van der Waals surface area contributed by atoms with Crippen molar-refractivity contribution < 1.29 is 18.0 Å². The number of carbonyl (C=O) groups is 1. The normalized spacial score (nSPS) is 13.2. The van der Waals surface area contributed by atoms with E-state index in [9.17, 15) is 13.6 Å². The summed E-state index contributed by atoms with van der Waals surface area (Å²) in [5.74, 6) is -0.896. The van der Waals surface area contributed by atoms with Gasteiger partial charge in [-0.05, 0) is 25.1 Å². The molecule has 0 fully saturated rings. The lowest BCUT2D eigenvalue weighted by Crippen LogP contribution is -2.29. The lowest BCUT2D eigenvalue weighted by molar-refractivity contribution is -0.120. The molecular formula is C18H21Cl2F2N3O2. The molecule has 0 saturated carbocycles. The molecule has 1 aliphatic heterocycles. The molecule has 2 aromatic rings. The minimum absolute atomic E-state index is 0. The molecule has 9 heteroatoms. The maximum absolute atomic E-state index is 13.7. The molecule has 0 bridgehead atoms. The van der Waals surface area contributed by atoms with E-state index in [2.05, 4.69) is 21.7 Å². The van der Waals surface area contributed by atoms with Crippen molar-refractivity contribution in [1.82, 2.24) is 15.6 Å². The molecule has 0 saturated heterocycles. The minimum Gasteiger partial charge on any atom is -0.441 e. The van der Waals surface area contributed by atoms with Crippen LogP contribution in [0.15, 0.2) is 40.5 Å². The van der Waals surface area contributed by atoms with Crippen molar-refractivity contribution in [2.75, 3.05) is 19.6 Å². The standard InChI is InChI=1S/C18H19F2N3O2.2ClH/c19-13-1-2-14(15(20)9-13)16-11-23-18(25-16)4-3-17(24)22-10-12-5-7-21-8-6-12;;/h1-2,5,9,11,21H,3-4,6-8,10H2,(H,22,24);2*1H. The molecule has 0 atom stereocenters. The van der Waals surface area contributed by atoms with Gasteiger partial charge >= 0.3 is 0 Å². The van der Waals surface area contributed by atoms with Gasteiger partial charge in [0.2, 0.25) is 5.91 Å².